The van der Waals surface area contributed by atoms with E-state index < -0.39 is 0 Å². The molecule has 6 nitrogen and oxygen atoms in total. The Labute approximate surface area is 175 Å². The molecule has 0 radical (unpaired) electrons. The number of carbonyl (C=O) groups excluding carboxylic acids is 1. The fourth-order valence-electron chi connectivity index (χ4n) is 4.30. The minimum Gasteiger partial charge on any atom is -0.497 e. The third-order valence-electron chi connectivity index (χ3n) is 6.39. The van der Waals surface area contributed by atoms with Crippen LogP contribution in [-0.4, -0.2) is 29.7 Å². The molecule has 154 valence electrons. The molecule has 2 fully saturated rings. The summed E-state index contributed by atoms with van der Waals surface area (Å²) in [5, 5.41) is 4.26. The zero-order chi connectivity index (χ0) is 20.7. The maximum absolute atomic E-state index is 12.6. The molecule has 2 aromatic carbocycles. The van der Waals surface area contributed by atoms with Crippen molar-refractivity contribution in [3.05, 3.63) is 71.4 Å². The number of carbonyl (C=O) groups is 1. The van der Waals surface area contributed by atoms with Crippen molar-refractivity contribution in [3.8, 4) is 5.75 Å². The first-order valence-electron chi connectivity index (χ1n) is 10.5. The van der Waals surface area contributed by atoms with Crippen LogP contribution in [0.2, 0.25) is 0 Å². The van der Waals surface area contributed by atoms with Crippen molar-refractivity contribution in [1.29, 1.82) is 0 Å². The zero-order valence-electron chi connectivity index (χ0n) is 17.3. The third-order valence-corrected chi connectivity index (χ3v) is 6.39. The van der Waals surface area contributed by atoms with Crippen molar-refractivity contribution < 1.29 is 14.1 Å². The fourth-order valence-corrected chi connectivity index (χ4v) is 4.30. The molecule has 2 heterocycles. The molecule has 1 atom stereocenters. The highest BCUT2D eigenvalue weighted by molar-refractivity contribution is 5.96. The van der Waals surface area contributed by atoms with Crippen LogP contribution in [0.15, 0.2) is 53.1 Å². The Morgan fingerprint density at radius 3 is 2.50 bits per heavy atom. The molecule has 5 rings (SSSR count). The summed E-state index contributed by atoms with van der Waals surface area (Å²) < 4.78 is 11.0. The summed E-state index contributed by atoms with van der Waals surface area (Å²) in [6.45, 7) is 2.71. The van der Waals surface area contributed by atoms with Gasteiger partial charge in [-0.2, -0.15) is 4.98 Å². The van der Waals surface area contributed by atoms with Gasteiger partial charge in [0.15, 0.2) is 5.82 Å². The fraction of sp³-hybridized carbons (Fsp3) is 0.375. The van der Waals surface area contributed by atoms with Crippen LogP contribution in [0.3, 0.4) is 0 Å². The van der Waals surface area contributed by atoms with Crippen LogP contribution in [0.25, 0.3) is 0 Å². The highest BCUT2D eigenvalue weighted by atomic mass is 16.5. The molecule has 0 bridgehead atoms. The van der Waals surface area contributed by atoms with Gasteiger partial charge in [0.2, 0.25) is 11.8 Å². The van der Waals surface area contributed by atoms with E-state index in [4.69, 9.17) is 14.2 Å². The number of benzene rings is 2. The summed E-state index contributed by atoms with van der Waals surface area (Å²) in [6, 6.07) is 16.2. The lowest BCUT2D eigenvalue weighted by molar-refractivity contribution is -0.117. The van der Waals surface area contributed by atoms with Crippen molar-refractivity contribution >= 4 is 11.6 Å². The van der Waals surface area contributed by atoms with Gasteiger partial charge in [-0.25, -0.2) is 0 Å². The highest BCUT2D eigenvalue weighted by Crippen LogP contribution is 2.53. The number of methoxy groups -OCH3 is 1. The van der Waals surface area contributed by atoms with E-state index in [1.807, 2.05) is 29.2 Å². The van der Waals surface area contributed by atoms with Crippen molar-refractivity contribution in [2.24, 2.45) is 0 Å². The molecule has 1 saturated carbocycles. The first kappa shape index (κ1) is 18.9. The van der Waals surface area contributed by atoms with Crippen LogP contribution in [0.1, 0.15) is 54.9 Å². The largest absolute Gasteiger partial charge is 0.497 e. The van der Waals surface area contributed by atoms with Crippen molar-refractivity contribution in [2.75, 3.05) is 18.6 Å². The van der Waals surface area contributed by atoms with E-state index in [0.717, 1.165) is 30.7 Å². The zero-order valence-corrected chi connectivity index (χ0v) is 17.3. The normalized spacial score (nSPS) is 19.9. The van der Waals surface area contributed by atoms with Crippen LogP contribution in [0.5, 0.6) is 5.75 Å². The van der Waals surface area contributed by atoms with E-state index in [0.29, 0.717) is 24.7 Å². The topological polar surface area (TPSA) is 68.5 Å². The molecule has 3 aromatic rings. The Balaban J connectivity index is 1.34. The average molecular weight is 403 g/mol. The predicted octanol–water partition coefficient (Wildman–Crippen LogP) is 4.24. The maximum Gasteiger partial charge on any atom is 0.237 e. The van der Waals surface area contributed by atoms with Crippen molar-refractivity contribution in [3.63, 3.8) is 0 Å². The number of hydrogen-bond donors (Lipinski definition) is 0. The van der Waals surface area contributed by atoms with Gasteiger partial charge >= 0.3 is 0 Å². The Morgan fingerprint density at radius 1 is 1.13 bits per heavy atom. The lowest BCUT2D eigenvalue weighted by atomic mass is 9.96. The van der Waals surface area contributed by atoms with Gasteiger partial charge < -0.3 is 14.2 Å². The third kappa shape index (κ3) is 3.16. The van der Waals surface area contributed by atoms with Crippen LogP contribution in [-0.2, 0) is 16.6 Å². The molecule has 1 aliphatic heterocycles. The molecule has 1 amide bonds. The second-order valence-electron chi connectivity index (χ2n) is 8.19. The van der Waals surface area contributed by atoms with Gasteiger partial charge in [0.1, 0.15) is 5.75 Å². The number of ether oxygens (including phenoxy) is 1. The van der Waals surface area contributed by atoms with E-state index in [2.05, 4.69) is 36.3 Å². The number of aromatic nitrogens is 2. The van der Waals surface area contributed by atoms with Gasteiger partial charge in [0.05, 0.1) is 12.5 Å². The second kappa shape index (κ2) is 7.27. The van der Waals surface area contributed by atoms with E-state index >= 15 is 0 Å². The van der Waals surface area contributed by atoms with E-state index in [1.165, 1.54) is 11.1 Å². The molecule has 2 aliphatic rings. The number of hydrogen-bond acceptors (Lipinski definition) is 5. The van der Waals surface area contributed by atoms with Gasteiger partial charge in [-0.3, -0.25) is 4.79 Å². The van der Waals surface area contributed by atoms with Crippen LogP contribution >= 0.6 is 0 Å². The van der Waals surface area contributed by atoms with Gasteiger partial charge in [0.25, 0.3) is 0 Å². The van der Waals surface area contributed by atoms with Crippen molar-refractivity contribution in [1.82, 2.24) is 10.1 Å². The molecule has 0 spiro atoms. The van der Waals surface area contributed by atoms with Crippen LogP contribution < -0.4 is 9.64 Å². The molecule has 0 unspecified atom stereocenters. The molecule has 0 N–H and O–H groups in total. The molecule has 30 heavy (non-hydrogen) atoms. The Bertz CT molecular complexity index is 1050. The summed E-state index contributed by atoms with van der Waals surface area (Å²) in [7, 11) is 1.66. The first-order chi connectivity index (χ1) is 14.6. The molecule has 1 aliphatic carbocycles. The maximum atomic E-state index is 12.6. The number of nitrogens with zero attached hydrogens (tertiary/aromatic N) is 3. The summed E-state index contributed by atoms with van der Waals surface area (Å²) in [6.07, 6.45) is 3.36. The summed E-state index contributed by atoms with van der Waals surface area (Å²) in [5.74, 6) is 2.17. The molecular weight excluding hydrogens is 378 g/mol. The van der Waals surface area contributed by atoms with Gasteiger partial charge in [0, 0.05) is 24.6 Å². The summed E-state index contributed by atoms with van der Waals surface area (Å²) in [4.78, 5) is 19.2. The Hall–Kier alpha value is -3.15. The van der Waals surface area contributed by atoms with E-state index in [-0.39, 0.29) is 17.2 Å². The monoisotopic (exact) mass is 403 g/mol. The Morgan fingerprint density at radius 2 is 1.87 bits per heavy atom. The molecular formula is C24H25N3O3. The van der Waals surface area contributed by atoms with Gasteiger partial charge in [-0.15, -0.1) is 0 Å². The standard InChI is InChI=1S/C24H25N3O3/c1-3-16-4-8-19(9-5-16)27-15-17(14-21(27)28)22-25-23(30-26-22)24(12-13-24)18-6-10-20(29-2)11-7-18/h4-11,17H,3,12-15H2,1-2H3/t17-/m0/s1. The second-order valence-corrected chi connectivity index (χ2v) is 8.19. The van der Waals surface area contributed by atoms with E-state index in [1.54, 1.807) is 7.11 Å². The van der Waals surface area contributed by atoms with E-state index in [9.17, 15) is 4.79 Å². The average Bonchev–Trinajstić information content (AvgIpc) is 3.27. The molecule has 6 heteroatoms. The minimum absolute atomic E-state index is 0.0486. The minimum atomic E-state index is -0.199. The lowest BCUT2D eigenvalue weighted by Crippen LogP contribution is -2.24. The predicted molar refractivity (Wildman–Crippen MR) is 113 cm³/mol. The van der Waals surface area contributed by atoms with Crippen LogP contribution in [0, 0.1) is 0 Å². The molecule has 1 saturated heterocycles. The summed E-state index contributed by atoms with van der Waals surface area (Å²) in [5.41, 5.74) is 3.16. The number of anilines is 1. The molecule has 1 aromatic heterocycles. The van der Waals surface area contributed by atoms with Crippen molar-refractivity contribution in [2.45, 2.75) is 43.9 Å². The van der Waals surface area contributed by atoms with Gasteiger partial charge in [-0.1, -0.05) is 36.3 Å². The highest BCUT2D eigenvalue weighted by Gasteiger charge is 2.51. The van der Waals surface area contributed by atoms with Crippen LogP contribution in [0.4, 0.5) is 5.69 Å². The number of rotatable bonds is 6. The SMILES string of the molecule is CCc1ccc(N2C[C@@H](c3noc(C4(c5ccc(OC)cc5)CC4)n3)CC2=O)cc1. The smallest absolute Gasteiger partial charge is 0.237 e. The Kier molecular flexibility index (Phi) is 4.57. The number of amides is 1. The first-order valence-corrected chi connectivity index (χ1v) is 10.5. The van der Waals surface area contributed by atoms with Gasteiger partial charge in [-0.05, 0) is 54.7 Å². The quantitative estimate of drug-likeness (QED) is 0.616. The lowest BCUT2D eigenvalue weighted by Gasteiger charge is -2.16. The summed E-state index contributed by atoms with van der Waals surface area (Å²) >= 11 is 0. The number of aryl methyl sites for hydroxylation is 1.